The minimum absolute atomic E-state index is 0.227. The van der Waals surface area contributed by atoms with Crippen molar-refractivity contribution in [3.63, 3.8) is 0 Å². The molecule has 0 saturated heterocycles. The van der Waals surface area contributed by atoms with Crippen LogP contribution in [0.25, 0.3) is 0 Å². The summed E-state index contributed by atoms with van der Waals surface area (Å²) < 4.78 is 9.42. The van der Waals surface area contributed by atoms with E-state index < -0.39 is 0 Å². The maximum absolute atomic E-state index is 4.71. The van der Waals surface area contributed by atoms with Crippen LogP contribution >= 0.6 is 7.36 Å². The Kier molecular flexibility index (Phi) is 4.88. The molecule has 0 spiro atoms. The van der Waals surface area contributed by atoms with E-state index in [0.717, 1.165) is 0 Å². The third-order valence-electron chi connectivity index (χ3n) is 0.489. The van der Waals surface area contributed by atoms with Gasteiger partial charge in [0.05, 0.1) is 0 Å². The lowest BCUT2D eigenvalue weighted by Crippen LogP contribution is -2.02. The molecular weight excluding hydrogens is 131 g/mol. The molecule has 0 aromatic rings. The molecule has 0 aromatic heterocycles. The minimum atomic E-state index is -0.227. The summed E-state index contributed by atoms with van der Waals surface area (Å²) in [5, 5.41) is 0. The third kappa shape index (κ3) is 3.06. The second-order valence-electron chi connectivity index (χ2n) is 0.884. The van der Waals surface area contributed by atoms with Crippen molar-refractivity contribution >= 4 is 19.2 Å². The molecule has 0 heterocycles. The van der Waals surface area contributed by atoms with E-state index in [9.17, 15) is 0 Å². The van der Waals surface area contributed by atoms with Gasteiger partial charge < -0.3 is 9.47 Å². The Hall–Kier alpha value is 0.440. The lowest BCUT2D eigenvalue weighted by Gasteiger charge is -2.02. The van der Waals surface area contributed by atoms with Crippen molar-refractivity contribution < 1.29 is 9.47 Å². The summed E-state index contributed by atoms with van der Waals surface area (Å²) in [6, 6.07) is -0.227. The van der Waals surface area contributed by atoms with Crippen LogP contribution in [-0.4, -0.2) is 20.3 Å². The SMILES string of the molecule is COC(OC)P=S. The molecule has 0 aromatic carbocycles. The van der Waals surface area contributed by atoms with Crippen molar-refractivity contribution in [1.82, 2.24) is 0 Å². The van der Waals surface area contributed by atoms with Crippen LogP contribution in [0.5, 0.6) is 0 Å². The zero-order valence-corrected chi connectivity index (χ0v) is 5.96. The Bertz CT molecular complexity index is 54.9. The quantitative estimate of drug-likeness (QED) is 0.427. The maximum Gasteiger partial charge on any atom is 0.210 e. The van der Waals surface area contributed by atoms with Gasteiger partial charge in [-0.05, 0) is 0 Å². The first kappa shape index (κ1) is 7.44. The summed E-state index contributed by atoms with van der Waals surface area (Å²) >= 11 is 4.59. The van der Waals surface area contributed by atoms with E-state index in [2.05, 4.69) is 11.8 Å². The van der Waals surface area contributed by atoms with E-state index in [0.29, 0.717) is 7.36 Å². The molecule has 0 aliphatic heterocycles. The molecule has 0 atom stereocenters. The lowest BCUT2D eigenvalue weighted by atomic mass is 11.3. The van der Waals surface area contributed by atoms with Crippen LogP contribution in [0.4, 0.5) is 0 Å². The molecule has 0 N–H and O–H groups in total. The van der Waals surface area contributed by atoms with E-state index in [4.69, 9.17) is 9.47 Å². The van der Waals surface area contributed by atoms with Crippen LogP contribution < -0.4 is 0 Å². The standard InChI is InChI=1S/C3H7O2PS/c1-4-3(5-2)6-7/h3H,1-2H3. The van der Waals surface area contributed by atoms with Gasteiger partial charge in [0.2, 0.25) is 6.03 Å². The van der Waals surface area contributed by atoms with Crippen LogP contribution in [0.15, 0.2) is 0 Å². The minimum Gasteiger partial charge on any atom is -0.348 e. The zero-order chi connectivity index (χ0) is 5.70. The van der Waals surface area contributed by atoms with Gasteiger partial charge >= 0.3 is 0 Å². The first-order valence-electron chi connectivity index (χ1n) is 1.73. The average Bonchev–Trinajstić information content (AvgIpc) is 1.72. The predicted molar refractivity (Wildman–Crippen MR) is 32.1 cm³/mol. The highest BCUT2D eigenvalue weighted by atomic mass is 32.4. The van der Waals surface area contributed by atoms with Gasteiger partial charge in [-0.15, -0.1) is 0 Å². The molecule has 0 bridgehead atoms. The smallest absolute Gasteiger partial charge is 0.210 e. The summed E-state index contributed by atoms with van der Waals surface area (Å²) in [6.45, 7) is 0. The van der Waals surface area contributed by atoms with E-state index in [-0.39, 0.29) is 6.03 Å². The highest BCUT2D eigenvalue weighted by molar-refractivity contribution is 7.96. The molecule has 42 valence electrons. The lowest BCUT2D eigenvalue weighted by molar-refractivity contribution is -0.0355. The van der Waals surface area contributed by atoms with Gasteiger partial charge in [0, 0.05) is 21.6 Å². The van der Waals surface area contributed by atoms with Gasteiger partial charge in [-0.25, -0.2) is 0 Å². The van der Waals surface area contributed by atoms with Crippen LogP contribution in [0.3, 0.4) is 0 Å². The van der Waals surface area contributed by atoms with Gasteiger partial charge in [-0.2, -0.15) is 0 Å². The fourth-order valence-corrected chi connectivity index (χ4v) is 0.871. The monoisotopic (exact) mass is 138 g/mol. The number of ether oxygens (including phenoxy) is 2. The zero-order valence-electron chi connectivity index (χ0n) is 4.25. The van der Waals surface area contributed by atoms with Crippen molar-refractivity contribution in [2.24, 2.45) is 0 Å². The Morgan fingerprint density at radius 1 is 1.43 bits per heavy atom. The van der Waals surface area contributed by atoms with Gasteiger partial charge in [0.1, 0.15) is 0 Å². The van der Waals surface area contributed by atoms with E-state index >= 15 is 0 Å². The van der Waals surface area contributed by atoms with Crippen molar-refractivity contribution in [3.8, 4) is 0 Å². The Balaban J connectivity index is 3.16. The number of hydrogen-bond donors (Lipinski definition) is 0. The fraction of sp³-hybridized carbons (Fsp3) is 1.00. The highest BCUT2D eigenvalue weighted by Gasteiger charge is 1.95. The summed E-state index contributed by atoms with van der Waals surface area (Å²) in [4.78, 5) is 0. The van der Waals surface area contributed by atoms with Gasteiger partial charge in [0.15, 0.2) is 0 Å². The third-order valence-corrected chi connectivity index (χ3v) is 1.60. The molecular formula is C3H7O2PS. The molecule has 4 heteroatoms. The first-order valence-corrected chi connectivity index (χ1v) is 3.71. The summed E-state index contributed by atoms with van der Waals surface area (Å²) in [7, 11) is 3.82. The Labute approximate surface area is 49.6 Å². The second kappa shape index (κ2) is 4.60. The molecule has 0 aliphatic rings. The summed E-state index contributed by atoms with van der Waals surface area (Å²) in [5.74, 6) is 0. The fourth-order valence-electron chi connectivity index (χ4n) is 0.182. The largest absolute Gasteiger partial charge is 0.348 e. The molecule has 0 rings (SSSR count). The molecule has 0 aliphatic carbocycles. The molecule has 0 fully saturated rings. The molecule has 7 heavy (non-hydrogen) atoms. The number of methoxy groups -OCH3 is 2. The number of rotatable bonds is 3. The summed E-state index contributed by atoms with van der Waals surface area (Å²) in [5.41, 5.74) is 0. The van der Waals surface area contributed by atoms with Crippen molar-refractivity contribution in [2.75, 3.05) is 14.2 Å². The van der Waals surface area contributed by atoms with E-state index in [1.165, 1.54) is 0 Å². The number of hydrogen-bond acceptors (Lipinski definition) is 3. The van der Waals surface area contributed by atoms with Crippen LogP contribution in [0.1, 0.15) is 0 Å². The maximum atomic E-state index is 4.71. The van der Waals surface area contributed by atoms with E-state index in [1.807, 2.05) is 0 Å². The summed E-state index contributed by atoms with van der Waals surface area (Å²) in [6.07, 6.45) is 0. The molecule has 0 radical (unpaired) electrons. The highest BCUT2D eigenvalue weighted by Crippen LogP contribution is 2.05. The topological polar surface area (TPSA) is 18.5 Å². The van der Waals surface area contributed by atoms with Gasteiger partial charge in [0.25, 0.3) is 0 Å². The van der Waals surface area contributed by atoms with Gasteiger partial charge in [-0.3, -0.25) is 0 Å². The second-order valence-corrected chi connectivity index (χ2v) is 2.15. The van der Waals surface area contributed by atoms with Crippen LogP contribution in [-0.2, 0) is 21.3 Å². The van der Waals surface area contributed by atoms with Crippen molar-refractivity contribution in [2.45, 2.75) is 6.03 Å². The van der Waals surface area contributed by atoms with Crippen molar-refractivity contribution in [3.05, 3.63) is 0 Å². The van der Waals surface area contributed by atoms with Crippen LogP contribution in [0, 0.1) is 0 Å². The molecule has 0 unspecified atom stereocenters. The molecule has 0 amide bonds. The first-order chi connectivity index (χ1) is 3.35. The average molecular weight is 138 g/mol. The van der Waals surface area contributed by atoms with Crippen molar-refractivity contribution in [1.29, 1.82) is 0 Å². The normalized spacial score (nSPS) is 10.7. The Morgan fingerprint density at radius 3 is 1.86 bits per heavy atom. The predicted octanol–water partition coefficient (Wildman–Crippen LogP) is 0.971. The molecule has 2 nitrogen and oxygen atoms in total. The van der Waals surface area contributed by atoms with Crippen LogP contribution in [0.2, 0.25) is 0 Å². The van der Waals surface area contributed by atoms with E-state index in [1.54, 1.807) is 14.2 Å². The molecule has 0 saturated carbocycles. The van der Waals surface area contributed by atoms with Gasteiger partial charge in [-0.1, -0.05) is 11.8 Å². The Morgan fingerprint density at radius 2 is 1.86 bits per heavy atom.